The first-order valence-electron chi connectivity index (χ1n) is 8.40. The number of methoxy groups -OCH3 is 1. The summed E-state index contributed by atoms with van der Waals surface area (Å²) in [5.74, 6) is 0.500. The predicted octanol–water partition coefficient (Wildman–Crippen LogP) is 1.10. The number of hydrogen-bond acceptors (Lipinski definition) is 5. The van der Waals surface area contributed by atoms with Gasteiger partial charge in [-0.2, -0.15) is 4.31 Å². The van der Waals surface area contributed by atoms with Crippen molar-refractivity contribution in [3.8, 4) is 5.75 Å². The first kappa shape index (κ1) is 18.2. The molecule has 1 spiro atoms. The summed E-state index contributed by atoms with van der Waals surface area (Å²) in [7, 11) is -2.13. The molecule has 2 aliphatic heterocycles. The molecule has 138 valence electrons. The normalized spacial score (nSPS) is 25.1. The molecule has 0 unspecified atom stereocenters. The molecule has 1 aromatic rings. The molecule has 1 atom stereocenters. The van der Waals surface area contributed by atoms with E-state index in [4.69, 9.17) is 9.47 Å². The SMILES string of the molecule is COc1cccc(S(=O)(=O)N2CCC[C@@]3(CN(C(C)=O)CCO3)C2)c1. The van der Waals surface area contributed by atoms with Crippen LogP contribution in [0.5, 0.6) is 5.75 Å². The Kier molecular flexibility index (Phi) is 5.04. The molecule has 0 saturated carbocycles. The van der Waals surface area contributed by atoms with Crippen LogP contribution in [-0.4, -0.2) is 69.0 Å². The Morgan fingerprint density at radius 1 is 1.28 bits per heavy atom. The lowest BCUT2D eigenvalue weighted by Gasteiger charge is -2.47. The van der Waals surface area contributed by atoms with E-state index >= 15 is 0 Å². The van der Waals surface area contributed by atoms with E-state index in [0.717, 1.165) is 6.42 Å². The summed E-state index contributed by atoms with van der Waals surface area (Å²) in [6, 6.07) is 6.48. The average molecular weight is 368 g/mol. The van der Waals surface area contributed by atoms with Crippen molar-refractivity contribution in [3.63, 3.8) is 0 Å². The van der Waals surface area contributed by atoms with Gasteiger partial charge in [0.1, 0.15) is 5.75 Å². The largest absolute Gasteiger partial charge is 0.497 e. The molecule has 1 aromatic carbocycles. The van der Waals surface area contributed by atoms with Crippen LogP contribution in [0.15, 0.2) is 29.2 Å². The summed E-state index contributed by atoms with van der Waals surface area (Å²) in [6.07, 6.45) is 1.45. The standard InChI is InChI=1S/C17H24N2O5S/c1-14(20)18-9-10-24-17(12-18)7-4-8-19(13-17)25(21,22)16-6-3-5-15(11-16)23-2/h3,5-6,11H,4,7-10,12-13H2,1-2H3/t17-/m1/s1. The van der Waals surface area contributed by atoms with Crippen LogP contribution in [0.2, 0.25) is 0 Å². The number of morpholine rings is 1. The third kappa shape index (κ3) is 3.65. The first-order chi connectivity index (χ1) is 11.9. The smallest absolute Gasteiger partial charge is 0.243 e. The van der Waals surface area contributed by atoms with Crippen molar-refractivity contribution < 1.29 is 22.7 Å². The van der Waals surface area contributed by atoms with E-state index in [-0.39, 0.29) is 17.3 Å². The van der Waals surface area contributed by atoms with Crippen LogP contribution in [0.4, 0.5) is 0 Å². The minimum absolute atomic E-state index is 0.00421. The fourth-order valence-corrected chi connectivity index (χ4v) is 5.12. The van der Waals surface area contributed by atoms with E-state index in [1.807, 2.05) is 0 Å². The van der Waals surface area contributed by atoms with Gasteiger partial charge in [-0.15, -0.1) is 0 Å². The van der Waals surface area contributed by atoms with Crippen LogP contribution < -0.4 is 4.74 Å². The van der Waals surface area contributed by atoms with E-state index in [1.54, 1.807) is 23.1 Å². The number of ether oxygens (including phenoxy) is 2. The summed E-state index contributed by atoms with van der Waals surface area (Å²) < 4.78 is 38.6. The Hall–Kier alpha value is -1.64. The second kappa shape index (κ2) is 6.93. The summed E-state index contributed by atoms with van der Waals surface area (Å²) in [5, 5.41) is 0. The van der Waals surface area contributed by atoms with Gasteiger partial charge >= 0.3 is 0 Å². The number of amides is 1. The number of carbonyl (C=O) groups excluding carboxylic acids is 1. The minimum atomic E-state index is -3.64. The number of rotatable bonds is 3. The molecular weight excluding hydrogens is 344 g/mol. The molecule has 2 fully saturated rings. The fourth-order valence-electron chi connectivity index (χ4n) is 3.53. The second-order valence-electron chi connectivity index (χ2n) is 6.59. The molecule has 1 amide bonds. The van der Waals surface area contributed by atoms with Gasteiger partial charge in [0, 0.05) is 32.6 Å². The fraction of sp³-hybridized carbons (Fsp3) is 0.588. The lowest BCUT2D eigenvalue weighted by molar-refractivity contribution is -0.155. The number of sulfonamides is 1. The Morgan fingerprint density at radius 2 is 2.08 bits per heavy atom. The number of benzene rings is 1. The lowest BCUT2D eigenvalue weighted by atomic mass is 9.92. The van der Waals surface area contributed by atoms with Crippen molar-refractivity contribution >= 4 is 15.9 Å². The summed E-state index contributed by atoms with van der Waals surface area (Å²) >= 11 is 0. The van der Waals surface area contributed by atoms with E-state index in [0.29, 0.717) is 38.4 Å². The molecule has 0 radical (unpaired) electrons. The lowest BCUT2D eigenvalue weighted by Crippen LogP contribution is -2.61. The number of nitrogens with zero attached hydrogens (tertiary/aromatic N) is 2. The zero-order chi connectivity index (χ0) is 18.1. The van der Waals surface area contributed by atoms with Crippen LogP contribution in [0, 0.1) is 0 Å². The second-order valence-corrected chi connectivity index (χ2v) is 8.53. The molecule has 0 aromatic heterocycles. The van der Waals surface area contributed by atoms with Gasteiger partial charge in [0.2, 0.25) is 15.9 Å². The van der Waals surface area contributed by atoms with E-state index in [2.05, 4.69) is 0 Å². The third-order valence-corrected chi connectivity index (χ3v) is 6.72. The molecule has 7 nitrogen and oxygen atoms in total. The maximum absolute atomic E-state index is 13.0. The zero-order valence-corrected chi connectivity index (χ0v) is 15.4. The van der Waals surface area contributed by atoms with Gasteiger partial charge in [-0.25, -0.2) is 8.42 Å². The summed E-state index contributed by atoms with van der Waals surface area (Å²) in [4.78, 5) is 13.7. The molecule has 2 aliphatic rings. The Morgan fingerprint density at radius 3 is 2.80 bits per heavy atom. The predicted molar refractivity (Wildman–Crippen MR) is 91.9 cm³/mol. The van der Waals surface area contributed by atoms with Crippen LogP contribution in [0.1, 0.15) is 19.8 Å². The van der Waals surface area contributed by atoms with Gasteiger partial charge in [-0.05, 0) is 25.0 Å². The van der Waals surface area contributed by atoms with Gasteiger partial charge in [-0.3, -0.25) is 4.79 Å². The summed E-state index contributed by atoms with van der Waals surface area (Å²) in [5.41, 5.74) is -0.617. The van der Waals surface area contributed by atoms with Gasteiger partial charge < -0.3 is 14.4 Å². The Bertz CT molecular complexity index is 747. The number of piperidine rings is 1. The van der Waals surface area contributed by atoms with Crippen LogP contribution in [0.3, 0.4) is 0 Å². The van der Waals surface area contributed by atoms with Crippen LogP contribution >= 0.6 is 0 Å². The molecule has 8 heteroatoms. The van der Waals surface area contributed by atoms with Crippen molar-refractivity contribution in [2.24, 2.45) is 0 Å². The van der Waals surface area contributed by atoms with Gasteiger partial charge in [-0.1, -0.05) is 6.07 Å². The van der Waals surface area contributed by atoms with Gasteiger partial charge in [0.05, 0.1) is 30.8 Å². The van der Waals surface area contributed by atoms with Gasteiger partial charge in [0.15, 0.2) is 0 Å². The van der Waals surface area contributed by atoms with Gasteiger partial charge in [0.25, 0.3) is 0 Å². The summed E-state index contributed by atoms with van der Waals surface area (Å²) in [6.45, 7) is 3.67. The molecule has 25 heavy (non-hydrogen) atoms. The molecule has 0 aliphatic carbocycles. The molecule has 2 saturated heterocycles. The van der Waals surface area contributed by atoms with E-state index in [1.165, 1.54) is 24.4 Å². The monoisotopic (exact) mass is 368 g/mol. The van der Waals surface area contributed by atoms with Crippen molar-refractivity contribution in [3.05, 3.63) is 24.3 Å². The van der Waals surface area contributed by atoms with Crippen molar-refractivity contribution in [1.82, 2.24) is 9.21 Å². The maximum Gasteiger partial charge on any atom is 0.243 e. The molecule has 3 rings (SSSR count). The number of hydrogen-bond donors (Lipinski definition) is 0. The number of carbonyl (C=O) groups is 1. The molecular formula is C17H24N2O5S. The maximum atomic E-state index is 13.0. The molecule has 2 heterocycles. The van der Waals surface area contributed by atoms with Crippen LogP contribution in [0.25, 0.3) is 0 Å². The quantitative estimate of drug-likeness (QED) is 0.798. The van der Waals surface area contributed by atoms with E-state index < -0.39 is 15.6 Å². The average Bonchev–Trinajstić information content (AvgIpc) is 2.62. The highest BCUT2D eigenvalue weighted by atomic mass is 32.2. The Balaban J connectivity index is 1.84. The Labute approximate surface area is 148 Å². The highest BCUT2D eigenvalue weighted by Gasteiger charge is 2.44. The molecule has 0 N–H and O–H groups in total. The zero-order valence-electron chi connectivity index (χ0n) is 14.6. The minimum Gasteiger partial charge on any atom is -0.497 e. The molecule has 0 bridgehead atoms. The van der Waals surface area contributed by atoms with Crippen molar-refractivity contribution in [2.75, 3.05) is 39.9 Å². The van der Waals surface area contributed by atoms with E-state index in [9.17, 15) is 13.2 Å². The highest BCUT2D eigenvalue weighted by molar-refractivity contribution is 7.89. The van der Waals surface area contributed by atoms with Crippen molar-refractivity contribution in [1.29, 1.82) is 0 Å². The topological polar surface area (TPSA) is 76.2 Å². The highest BCUT2D eigenvalue weighted by Crippen LogP contribution is 2.32. The van der Waals surface area contributed by atoms with Crippen LogP contribution in [-0.2, 0) is 19.6 Å². The van der Waals surface area contributed by atoms with Crippen molar-refractivity contribution in [2.45, 2.75) is 30.3 Å². The third-order valence-electron chi connectivity index (χ3n) is 4.88. The first-order valence-corrected chi connectivity index (χ1v) is 9.84.